The predicted octanol–water partition coefficient (Wildman–Crippen LogP) is 4.74. The number of nitrogens with one attached hydrogen (secondary N) is 1. The first kappa shape index (κ1) is 27.2. The van der Waals surface area contributed by atoms with Gasteiger partial charge in [0.1, 0.15) is 0 Å². The summed E-state index contributed by atoms with van der Waals surface area (Å²) in [7, 11) is -3.38. The van der Waals surface area contributed by atoms with Crippen molar-refractivity contribution in [2.75, 3.05) is 11.6 Å². The number of benzene rings is 2. The van der Waals surface area contributed by atoms with Gasteiger partial charge >= 0.3 is 0 Å². The Bertz CT molecular complexity index is 1520. The average molecular weight is 564 g/mol. The van der Waals surface area contributed by atoms with Gasteiger partial charge in [-0.05, 0) is 62.7 Å². The van der Waals surface area contributed by atoms with Gasteiger partial charge in [-0.1, -0.05) is 30.1 Å². The molecular weight excluding hydrogens is 535 g/mol. The molecule has 196 valence electrons. The van der Waals surface area contributed by atoms with Crippen molar-refractivity contribution >= 4 is 44.9 Å². The van der Waals surface area contributed by atoms with Crippen LogP contribution >= 0.6 is 23.2 Å². The Morgan fingerprint density at radius 1 is 1.14 bits per heavy atom. The van der Waals surface area contributed by atoms with Crippen LogP contribution < -0.4 is 10.9 Å². The number of rotatable bonds is 6. The monoisotopic (exact) mass is 562 g/mol. The van der Waals surface area contributed by atoms with E-state index >= 15 is 0 Å². The number of carbonyl (C=O) groups excluding carboxylic acids is 1. The summed E-state index contributed by atoms with van der Waals surface area (Å²) in [4.78, 5) is 33.9. The molecule has 0 bridgehead atoms. The molecule has 11 heteroatoms. The van der Waals surface area contributed by atoms with E-state index in [1.54, 1.807) is 35.2 Å². The quantitative estimate of drug-likeness (QED) is 0.465. The maximum Gasteiger partial charge on any atom is 0.263 e. The number of hydrogen-bond donors (Lipinski definition) is 1. The summed E-state index contributed by atoms with van der Waals surface area (Å²) in [6.45, 7) is 5.99. The third-order valence-electron chi connectivity index (χ3n) is 6.30. The van der Waals surface area contributed by atoms with E-state index in [9.17, 15) is 18.0 Å². The normalized spacial score (nSPS) is 15.5. The molecule has 0 saturated carbocycles. The Hall–Kier alpha value is -2.88. The van der Waals surface area contributed by atoms with Crippen LogP contribution in [0.25, 0.3) is 5.69 Å². The Balaban J connectivity index is 1.80. The summed E-state index contributed by atoms with van der Waals surface area (Å²) < 4.78 is 25.3. The van der Waals surface area contributed by atoms with Crippen LogP contribution in [0.4, 0.5) is 5.95 Å². The zero-order valence-corrected chi connectivity index (χ0v) is 23.3. The van der Waals surface area contributed by atoms with E-state index in [1.165, 1.54) is 16.7 Å². The molecule has 0 spiro atoms. The van der Waals surface area contributed by atoms with Crippen LogP contribution in [-0.4, -0.2) is 47.1 Å². The third-order valence-corrected chi connectivity index (χ3v) is 8.17. The van der Waals surface area contributed by atoms with Crippen LogP contribution in [0.15, 0.2) is 52.2 Å². The average Bonchev–Trinajstić information content (AvgIpc) is 2.84. The molecule has 3 aromatic rings. The summed E-state index contributed by atoms with van der Waals surface area (Å²) in [5, 5.41) is 3.88. The van der Waals surface area contributed by atoms with Crippen LogP contribution in [0.5, 0.6) is 0 Å². The highest BCUT2D eigenvalue weighted by Crippen LogP contribution is 2.28. The number of fused-ring (bicyclic) bond motifs is 1. The Morgan fingerprint density at radius 2 is 1.81 bits per heavy atom. The lowest BCUT2D eigenvalue weighted by atomic mass is 9.95. The van der Waals surface area contributed by atoms with Crippen molar-refractivity contribution in [1.29, 1.82) is 0 Å². The highest BCUT2D eigenvalue weighted by Gasteiger charge is 2.33. The second kappa shape index (κ2) is 10.5. The number of amides is 1. The highest BCUT2D eigenvalue weighted by atomic mass is 35.5. The molecule has 1 amide bonds. The van der Waals surface area contributed by atoms with E-state index in [1.807, 2.05) is 20.8 Å². The largest absolute Gasteiger partial charge is 0.353 e. The van der Waals surface area contributed by atoms with E-state index in [-0.39, 0.29) is 35.0 Å². The molecule has 1 aromatic heterocycles. The molecule has 1 N–H and O–H groups in total. The van der Waals surface area contributed by atoms with Crippen molar-refractivity contribution in [3.05, 3.63) is 79.7 Å². The van der Waals surface area contributed by atoms with Gasteiger partial charge in [-0.15, -0.1) is 0 Å². The molecule has 8 nitrogen and oxygen atoms in total. The van der Waals surface area contributed by atoms with Gasteiger partial charge in [-0.25, -0.2) is 18.0 Å². The topological polar surface area (TPSA) is 101 Å². The summed E-state index contributed by atoms with van der Waals surface area (Å²) >= 11 is 12.2. The minimum Gasteiger partial charge on any atom is -0.353 e. The lowest BCUT2D eigenvalue weighted by Gasteiger charge is -2.36. The number of halogens is 2. The Morgan fingerprint density at radius 3 is 2.38 bits per heavy atom. The maximum absolute atomic E-state index is 13.8. The molecule has 1 aliphatic heterocycles. The molecule has 0 aliphatic carbocycles. The first-order chi connectivity index (χ1) is 17.4. The second-order valence-electron chi connectivity index (χ2n) is 9.39. The van der Waals surface area contributed by atoms with Crippen LogP contribution in [0.1, 0.15) is 48.8 Å². The fraction of sp³-hybridized carbons (Fsp3) is 0.346. The molecule has 2 aromatic carbocycles. The van der Waals surface area contributed by atoms with Gasteiger partial charge in [0.2, 0.25) is 5.95 Å². The van der Waals surface area contributed by atoms with E-state index in [0.29, 0.717) is 51.3 Å². The van der Waals surface area contributed by atoms with Crippen LogP contribution in [0.2, 0.25) is 10.0 Å². The first-order valence-corrected chi connectivity index (χ1v) is 14.5. The van der Waals surface area contributed by atoms with Gasteiger partial charge in [0.05, 0.1) is 32.9 Å². The first-order valence-electron chi connectivity index (χ1n) is 11.9. The Labute approximate surface area is 226 Å². The van der Waals surface area contributed by atoms with E-state index in [4.69, 9.17) is 28.2 Å². The minimum absolute atomic E-state index is 0.0348. The third kappa shape index (κ3) is 5.54. The zero-order chi connectivity index (χ0) is 27.1. The predicted molar refractivity (Wildman–Crippen MR) is 146 cm³/mol. The number of anilines is 1. The Kier molecular flexibility index (Phi) is 7.69. The number of aromatic nitrogens is 2. The molecule has 0 fully saturated rings. The zero-order valence-electron chi connectivity index (χ0n) is 21.0. The summed E-state index contributed by atoms with van der Waals surface area (Å²) in [6.07, 6.45) is 2.12. The van der Waals surface area contributed by atoms with Crippen LogP contribution in [-0.2, 0) is 22.8 Å². The van der Waals surface area contributed by atoms with Crippen LogP contribution in [0.3, 0.4) is 0 Å². The van der Waals surface area contributed by atoms with Gasteiger partial charge in [-0.3, -0.25) is 9.59 Å². The minimum atomic E-state index is -3.38. The van der Waals surface area contributed by atoms with Crippen molar-refractivity contribution in [3.63, 3.8) is 0 Å². The summed E-state index contributed by atoms with van der Waals surface area (Å²) in [5.74, 6) is 0.111. The van der Waals surface area contributed by atoms with Crippen molar-refractivity contribution < 1.29 is 13.2 Å². The molecule has 1 aliphatic rings. The molecule has 0 radical (unpaired) electrons. The van der Waals surface area contributed by atoms with Gasteiger partial charge in [-0.2, -0.15) is 0 Å². The summed E-state index contributed by atoms with van der Waals surface area (Å²) in [6, 6.07) is 10.7. The van der Waals surface area contributed by atoms with Crippen molar-refractivity contribution in [2.45, 2.75) is 57.1 Å². The van der Waals surface area contributed by atoms with E-state index in [2.05, 4.69) is 5.32 Å². The van der Waals surface area contributed by atoms with Gasteiger partial charge < -0.3 is 10.2 Å². The van der Waals surface area contributed by atoms with Crippen molar-refractivity contribution in [1.82, 2.24) is 14.5 Å². The number of nitrogens with zero attached hydrogens (tertiary/aromatic N) is 3. The molecule has 4 rings (SSSR count). The molecular formula is C26H28Cl2N4O4S. The fourth-order valence-electron chi connectivity index (χ4n) is 4.41. The lowest BCUT2D eigenvalue weighted by Crippen LogP contribution is -2.47. The highest BCUT2D eigenvalue weighted by molar-refractivity contribution is 7.90. The molecule has 0 saturated heterocycles. The second-order valence-corrected chi connectivity index (χ2v) is 12.2. The molecule has 1 atom stereocenters. The number of sulfone groups is 1. The van der Waals surface area contributed by atoms with Crippen molar-refractivity contribution in [2.24, 2.45) is 0 Å². The molecule has 37 heavy (non-hydrogen) atoms. The summed E-state index contributed by atoms with van der Waals surface area (Å²) in [5.41, 5.74) is 1.72. The fourth-order valence-corrected chi connectivity index (χ4v) is 5.33. The maximum atomic E-state index is 13.8. The van der Waals surface area contributed by atoms with Gasteiger partial charge in [0.25, 0.3) is 11.5 Å². The van der Waals surface area contributed by atoms with Crippen molar-refractivity contribution in [3.8, 4) is 5.69 Å². The van der Waals surface area contributed by atoms with Gasteiger partial charge in [0.15, 0.2) is 9.84 Å². The SMILES string of the molecule is CCC1Cc2c(nc(NC(C)C)n(-c3ccc(S(C)(=O)=O)cc3)c2=O)CN1C(=O)c1ccc(Cl)c(Cl)c1. The van der Waals surface area contributed by atoms with Crippen LogP contribution in [0, 0.1) is 0 Å². The number of carbonyl (C=O) groups is 1. The lowest BCUT2D eigenvalue weighted by molar-refractivity contribution is 0.0629. The van der Waals surface area contributed by atoms with E-state index in [0.717, 1.165) is 6.26 Å². The van der Waals surface area contributed by atoms with Gasteiger partial charge in [0, 0.05) is 35.9 Å². The smallest absolute Gasteiger partial charge is 0.263 e. The molecule has 2 heterocycles. The van der Waals surface area contributed by atoms with E-state index < -0.39 is 9.84 Å². The molecule has 1 unspecified atom stereocenters. The standard InChI is InChI=1S/C26H28Cl2N4O4S/c1-5-17-13-20-23(14-31(17)24(33)16-6-11-21(27)22(28)12-16)30-26(29-15(2)3)32(25(20)34)18-7-9-19(10-8-18)37(4,35)36/h6-12,15,17H,5,13-14H2,1-4H3,(H,29,30). The number of hydrogen-bond acceptors (Lipinski definition) is 6.